The summed E-state index contributed by atoms with van der Waals surface area (Å²) in [6.07, 6.45) is 8.87. The number of anilines is 1. The van der Waals surface area contributed by atoms with E-state index < -0.39 is 0 Å². The van der Waals surface area contributed by atoms with Crippen LogP contribution in [-0.2, 0) is 4.74 Å². The van der Waals surface area contributed by atoms with E-state index in [0.29, 0.717) is 5.56 Å². The van der Waals surface area contributed by atoms with Crippen molar-refractivity contribution in [2.75, 3.05) is 12.4 Å². The van der Waals surface area contributed by atoms with E-state index in [2.05, 4.69) is 10.3 Å². The number of hydrogen-bond donors (Lipinski definition) is 1. The third-order valence-corrected chi connectivity index (χ3v) is 3.09. The molecule has 0 amide bonds. The van der Waals surface area contributed by atoms with Crippen LogP contribution in [0.2, 0.25) is 0 Å². The van der Waals surface area contributed by atoms with Gasteiger partial charge < -0.3 is 10.1 Å². The number of esters is 1. The topological polar surface area (TPSA) is 51.2 Å². The summed E-state index contributed by atoms with van der Waals surface area (Å²) in [6.45, 7) is 0. The summed E-state index contributed by atoms with van der Waals surface area (Å²) in [5.74, 6) is -0.262. The van der Waals surface area contributed by atoms with Gasteiger partial charge in [-0.25, -0.2) is 4.79 Å². The second-order valence-electron chi connectivity index (χ2n) is 4.38. The first kappa shape index (κ1) is 11.9. The predicted octanol–water partition coefficient (Wildman–Crippen LogP) is 2.61. The number of pyridine rings is 1. The molecule has 4 heteroatoms. The number of rotatable bonds is 3. The molecule has 1 heterocycles. The molecule has 0 unspecified atom stereocenters. The van der Waals surface area contributed by atoms with Gasteiger partial charge in [0.15, 0.2) is 0 Å². The van der Waals surface area contributed by atoms with Gasteiger partial charge in [-0.2, -0.15) is 0 Å². The van der Waals surface area contributed by atoms with Crippen LogP contribution >= 0.6 is 0 Å². The Bertz CT molecular complexity index is 387. The van der Waals surface area contributed by atoms with Crippen LogP contribution in [0.5, 0.6) is 0 Å². The molecule has 1 fully saturated rings. The van der Waals surface area contributed by atoms with Gasteiger partial charge in [0.05, 0.1) is 11.3 Å². The Hall–Kier alpha value is -1.58. The van der Waals surface area contributed by atoms with Crippen LogP contribution in [0, 0.1) is 0 Å². The molecular weight excluding hydrogens is 216 g/mol. The second-order valence-corrected chi connectivity index (χ2v) is 4.38. The number of carbonyl (C=O) groups is 1. The molecule has 1 saturated carbocycles. The first-order valence-electron chi connectivity index (χ1n) is 6.13. The van der Waals surface area contributed by atoms with Crippen LogP contribution in [0.3, 0.4) is 0 Å². The molecule has 1 N–H and O–H groups in total. The lowest BCUT2D eigenvalue weighted by molar-refractivity contribution is 0.0211. The van der Waals surface area contributed by atoms with Crippen molar-refractivity contribution in [1.82, 2.24) is 4.98 Å². The Labute approximate surface area is 101 Å². The van der Waals surface area contributed by atoms with Crippen molar-refractivity contribution >= 4 is 11.7 Å². The highest BCUT2D eigenvalue weighted by Gasteiger charge is 2.18. The van der Waals surface area contributed by atoms with Gasteiger partial charge in [0.2, 0.25) is 0 Å². The van der Waals surface area contributed by atoms with Crippen LogP contribution in [0.15, 0.2) is 18.5 Å². The minimum atomic E-state index is -0.262. The summed E-state index contributed by atoms with van der Waals surface area (Å²) < 4.78 is 5.47. The molecule has 0 radical (unpaired) electrons. The highest BCUT2D eigenvalue weighted by Crippen LogP contribution is 2.21. The predicted molar refractivity (Wildman–Crippen MR) is 66.1 cm³/mol. The number of hydrogen-bond acceptors (Lipinski definition) is 4. The average molecular weight is 234 g/mol. The molecule has 1 aromatic rings. The van der Waals surface area contributed by atoms with Crippen LogP contribution in [0.25, 0.3) is 0 Å². The molecule has 0 aromatic carbocycles. The molecule has 0 bridgehead atoms. The van der Waals surface area contributed by atoms with Gasteiger partial charge in [0.25, 0.3) is 0 Å². The summed E-state index contributed by atoms with van der Waals surface area (Å²) in [5.41, 5.74) is 1.34. The maximum absolute atomic E-state index is 11.9. The zero-order chi connectivity index (χ0) is 12.1. The maximum Gasteiger partial charge on any atom is 0.340 e. The molecule has 2 rings (SSSR count). The lowest BCUT2D eigenvalue weighted by Crippen LogP contribution is -2.21. The summed E-state index contributed by atoms with van der Waals surface area (Å²) in [5, 5.41) is 2.96. The standard InChI is InChI=1S/C13H18N2O2/c1-14-11-7-10(8-15-9-11)13(16)17-12-5-3-2-4-6-12/h7-9,12,14H,2-6H2,1H3. The van der Waals surface area contributed by atoms with E-state index in [0.717, 1.165) is 31.4 Å². The molecular formula is C13H18N2O2. The lowest BCUT2D eigenvalue weighted by atomic mass is 9.98. The fraction of sp³-hybridized carbons (Fsp3) is 0.538. The van der Waals surface area contributed by atoms with Crippen molar-refractivity contribution < 1.29 is 9.53 Å². The molecule has 0 saturated heterocycles. The number of aromatic nitrogens is 1. The Morgan fingerprint density at radius 3 is 2.82 bits per heavy atom. The van der Waals surface area contributed by atoms with Gasteiger partial charge in [0, 0.05) is 19.4 Å². The third-order valence-electron chi connectivity index (χ3n) is 3.09. The second kappa shape index (κ2) is 5.66. The fourth-order valence-corrected chi connectivity index (χ4v) is 2.09. The van der Waals surface area contributed by atoms with E-state index in [1.54, 1.807) is 25.5 Å². The van der Waals surface area contributed by atoms with Gasteiger partial charge in [-0.3, -0.25) is 4.98 Å². The van der Waals surface area contributed by atoms with Crippen LogP contribution in [0.4, 0.5) is 5.69 Å². The molecule has 17 heavy (non-hydrogen) atoms. The Morgan fingerprint density at radius 2 is 2.12 bits per heavy atom. The fourth-order valence-electron chi connectivity index (χ4n) is 2.09. The first-order chi connectivity index (χ1) is 8.29. The van der Waals surface area contributed by atoms with Crippen LogP contribution in [0.1, 0.15) is 42.5 Å². The smallest absolute Gasteiger partial charge is 0.340 e. The Kier molecular flexibility index (Phi) is 3.96. The SMILES string of the molecule is CNc1cncc(C(=O)OC2CCCCC2)c1. The quantitative estimate of drug-likeness (QED) is 0.817. The average Bonchev–Trinajstić information content (AvgIpc) is 2.40. The summed E-state index contributed by atoms with van der Waals surface area (Å²) in [7, 11) is 1.80. The van der Waals surface area contributed by atoms with E-state index in [4.69, 9.17) is 4.74 Å². The van der Waals surface area contributed by atoms with Gasteiger partial charge in [-0.15, -0.1) is 0 Å². The van der Waals surface area contributed by atoms with Crippen molar-refractivity contribution in [3.63, 3.8) is 0 Å². The van der Waals surface area contributed by atoms with Crippen molar-refractivity contribution in [2.24, 2.45) is 0 Å². The van der Waals surface area contributed by atoms with Crippen molar-refractivity contribution in [3.8, 4) is 0 Å². The number of nitrogens with one attached hydrogen (secondary N) is 1. The van der Waals surface area contributed by atoms with Crippen LogP contribution in [-0.4, -0.2) is 24.1 Å². The molecule has 1 aliphatic rings. The zero-order valence-electron chi connectivity index (χ0n) is 10.1. The molecule has 4 nitrogen and oxygen atoms in total. The first-order valence-corrected chi connectivity index (χ1v) is 6.13. The molecule has 0 spiro atoms. The summed E-state index contributed by atoms with van der Waals surface area (Å²) in [6, 6.07) is 1.76. The van der Waals surface area contributed by atoms with Crippen molar-refractivity contribution in [2.45, 2.75) is 38.2 Å². The third kappa shape index (κ3) is 3.19. The summed E-state index contributed by atoms with van der Waals surface area (Å²) >= 11 is 0. The largest absolute Gasteiger partial charge is 0.459 e. The maximum atomic E-state index is 11.9. The zero-order valence-corrected chi connectivity index (χ0v) is 10.1. The van der Waals surface area contributed by atoms with E-state index in [1.165, 1.54) is 6.42 Å². The van der Waals surface area contributed by atoms with E-state index in [-0.39, 0.29) is 12.1 Å². The minimum absolute atomic E-state index is 0.0921. The van der Waals surface area contributed by atoms with Gasteiger partial charge in [-0.05, 0) is 31.7 Å². The van der Waals surface area contributed by atoms with Gasteiger partial charge in [-0.1, -0.05) is 6.42 Å². The van der Waals surface area contributed by atoms with Crippen molar-refractivity contribution in [3.05, 3.63) is 24.0 Å². The van der Waals surface area contributed by atoms with E-state index in [9.17, 15) is 4.79 Å². The number of carbonyl (C=O) groups excluding carboxylic acids is 1. The van der Waals surface area contributed by atoms with E-state index >= 15 is 0 Å². The molecule has 1 aliphatic carbocycles. The number of ether oxygens (including phenoxy) is 1. The normalized spacial score (nSPS) is 16.5. The molecule has 0 atom stereocenters. The number of nitrogens with zero attached hydrogens (tertiary/aromatic N) is 1. The minimum Gasteiger partial charge on any atom is -0.459 e. The Morgan fingerprint density at radius 1 is 1.35 bits per heavy atom. The summed E-state index contributed by atoms with van der Waals surface area (Å²) in [4.78, 5) is 15.9. The van der Waals surface area contributed by atoms with Gasteiger partial charge >= 0.3 is 5.97 Å². The van der Waals surface area contributed by atoms with Gasteiger partial charge in [0.1, 0.15) is 6.10 Å². The highest BCUT2D eigenvalue weighted by molar-refractivity contribution is 5.90. The monoisotopic (exact) mass is 234 g/mol. The van der Waals surface area contributed by atoms with Crippen molar-refractivity contribution in [1.29, 1.82) is 0 Å². The molecule has 0 aliphatic heterocycles. The molecule has 92 valence electrons. The van der Waals surface area contributed by atoms with Crippen LogP contribution < -0.4 is 5.32 Å². The highest BCUT2D eigenvalue weighted by atomic mass is 16.5. The Balaban J connectivity index is 1.98. The lowest BCUT2D eigenvalue weighted by Gasteiger charge is -2.21. The van der Waals surface area contributed by atoms with E-state index in [1.807, 2.05) is 0 Å². The molecule has 1 aromatic heterocycles.